The summed E-state index contributed by atoms with van der Waals surface area (Å²) in [6.07, 6.45) is 3.34. The molecule has 1 aliphatic rings. The number of amides is 2. The molecule has 6 nitrogen and oxygen atoms in total. The summed E-state index contributed by atoms with van der Waals surface area (Å²) in [6.45, 7) is 0.735. The van der Waals surface area contributed by atoms with E-state index >= 15 is 0 Å². The number of rotatable bonds is 4. The van der Waals surface area contributed by atoms with E-state index in [-0.39, 0.29) is 17.6 Å². The van der Waals surface area contributed by atoms with Gasteiger partial charge in [0.2, 0.25) is 5.91 Å². The molecule has 3 rings (SSSR count). The van der Waals surface area contributed by atoms with Crippen LogP contribution in [0.15, 0.2) is 22.9 Å². The molecule has 1 aliphatic heterocycles. The zero-order valence-electron chi connectivity index (χ0n) is 12.1. The van der Waals surface area contributed by atoms with Gasteiger partial charge in [-0.2, -0.15) is 16.4 Å². The second-order valence-corrected chi connectivity index (χ2v) is 6.26. The number of nitrogens with two attached hydrogens (primary N) is 1. The number of carbonyl (C=O) groups is 2. The van der Waals surface area contributed by atoms with Crippen LogP contribution >= 0.6 is 11.3 Å². The molecule has 0 aliphatic carbocycles. The normalized spacial score (nSPS) is 18.4. The highest BCUT2D eigenvalue weighted by molar-refractivity contribution is 7.08. The van der Waals surface area contributed by atoms with Crippen molar-refractivity contribution in [3.63, 3.8) is 0 Å². The van der Waals surface area contributed by atoms with Crippen molar-refractivity contribution in [2.75, 3.05) is 6.54 Å². The first-order valence-electron chi connectivity index (χ1n) is 7.31. The molecule has 0 radical (unpaired) electrons. The van der Waals surface area contributed by atoms with Gasteiger partial charge in [-0.25, -0.2) is 0 Å². The molecule has 1 fully saturated rings. The summed E-state index contributed by atoms with van der Waals surface area (Å²) in [4.78, 5) is 25.7. The molecule has 22 heavy (non-hydrogen) atoms. The van der Waals surface area contributed by atoms with E-state index < -0.39 is 5.91 Å². The number of primary amides is 1. The van der Waals surface area contributed by atoms with Gasteiger partial charge in [-0.15, -0.1) is 0 Å². The van der Waals surface area contributed by atoms with Crippen LogP contribution in [0.3, 0.4) is 0 Å². The van der Waals surface area contributed by atoms with Crippen LogP contribution in [0.2, 0.25) is 0 Å². The van der Waals surface area contributed by atoms with E-state index in [1.54, 1.807) is 17.4 Å². The second-order valence-electron chi connectivity index (χ2n) is 5.48. The number of H-pyrrole nitrogens is 1. The summed E-state index contributed by atoms with van der Waals surface area (Å²) >= 11 is 1.59. The summed E-state index contributed by atoms with van der Waals surface area (Å²) in [6, 6.07) is 3.58. The average Bonchev–Trinajstić information content (AvgIpc) is 3.18. The third-order valence-corrected chi connectivity index (χ3v) is 4.70. The van der Waals surface area contributed by atoms with E-state index in [9.17, 15) is 9.59 Å². The van der Waals surface area contributed by atoms with Gasteiger partial charge in [-0.05, 0) is 47.7 Å². The zero-order valence-corrected chi connectivity index (χ0v) is 12.9. The van der Waals surface area contributed by atoms with Crippen molar-refractivity contribution >= 4 is 23.2 Å². The fourth-order valence-corrected chi connectivity index (χ4v) is 3.52. The summed E-state index contributed by atoms with van der Waals surface area (Å²) in [5.74, 6) is -0.451. The highest BCUT2D eigenvalue weighted by Crippen LogP contribution is 2.30. The number of likely N-dealkylation sites (tertiary alicyclic amines) is 1. The van der Waals surface area contributed by atoms with E-state index in [2.05, 4.69) is 10.2 Å². The summed E-state index contributed by atoms with van der Waals surface area (Å²) in [5.41, 5.74) is 7.28. The average molecular weight is 318 g/mol. The highest BCUT2D eigenvalue weighted by Gasteiger charge is 2.29. The van der Waals surface area contributed by atoms with Crippen molar-refractivity contribution in [2.24, 2.45) is 5.73 Å². The van der Waals surface area contributed by atoms with Gasteiger partial charge in [-0.3, -0.25) is 14.7 Å². The van der Waals surface area contributed by atoms with Gasteiger partial charge in [0, 0.05) is 6.54 Å². The van der Waals surface area contributed by atoms with E-state index in [1.165, 1.54) is 0 Å². The Morgan fingerprint density at radius 2 is 2.32 bits per heavy atom. The topological polar surface area (TPSA) is 92.1 Å². The number of thiophene rings is 1. The van der Waals surface area contributed by atoms with Crippen LogP contribution in [0.25, 0.3) is 0 Å². The van der Waals surface area contributed by atoms with E-state index in [4.69, 9.17) is 5.73 Å². The molecule has 3 heterocycles. The van der Waals surface area contributed by atoms with Crippen molar-refractivity contribution in [3.05, 3.63) is 39.8 Å². The first-order chi connectivity index (χ1) is 10.6. The third kappa shape index (κ3) is 3.04. The molecule has 1 saturated heterocycles. The lowest BCUT2D eigenvalue weighted by Gasteiger charge is -2.35. The van der Waals surface area contributed by atoms with Gasteiger partial charge in [0.15, 0.2) is 0 Å². The minimum Gasteiger partial charge on any atom is -0.364 e. The summed E-state index contributed by atoms with van der Waals surface area (Å²) in [5, 5.41) is 10.8. The third-order valence-electron chi connectivity index (χ3n) is 3.97. The Hall–Kier alpha value is -2.15. The fourth-order valence-electron chi connectivity index (χ4n) is 2.86. The second kappa shape index (κ2) is 6.31. The number of hydrogen-bond donors (Lipinski definition) is 2. The van der Waals surface area contributed by atoms with Gasteiger partial charge in [0.1, 0.15) is 5.69 Å². The van der Waals surface area contributed by atoms with Crippen LogP contribution in [0.1, 0.15) is 47.1 Å². The van der Waals surface area contributed by atoms with E-state index in [1.807, 2.05) is 21.7 Å². The quantitative estimate of drug-likeness (QED) is 0.901. The predicted molar refractivity (Wildman–Crippen MR) is 83.4 cm³/mol. The number of piperidine rings is 1. The number of carbonyl (C=O) groups excluding carboxylic acids is 2. The molecule has 7 heteroatoms. The van der Waals surface area contributed by atoms with Crippen molar-refractivity contribution in [2.45, 2.75) is 31.7 Å². The molecule has 116 valence electrons. The molecule has 0 unspecified atom stereocenters. The number of aromatic amines is 1. The first kappa shape index (κ1) is 14.8. The van der Waals surface area contributed by atoms with Crippen molar-refractivity contribution in [1.29, 1.82) is 0 Å². The smallest absolute Gasteiger partial charge is 0.269 e. The van der Waals surface area contributed by atoms with Crippen LogP contribution in [0.5, 0.6) is 0 Å². The maximum absolute atomic E-state index is 12.6. The largest absolute Gasteiger partial charge is 0.364 e. The molecule has 1 atom stereocenters. The molecule has 0 saturated carbocycles. The molecular formula is C15H18N4O2S. The Labute approximate surface area is 132 Å². The number of nitrogens with one attached hydrogen (secondary N) is 1. The van der Waals surface area contributed by atoms with E-state index in [0.717, 1.165) is 37.1 Å². The van der Waals surface area contributed by atoms with Gasteiger partial charge in [-0.1, -0.05) is 0 Å². The van der Waals surface area contributed by atoms with Gasteiger partial charge in [0.25, 0.3) is 5.91 Å². The van der Waals surface area contributed by atoms with Crippen LogP contribution in [0, 0.1) is 0 Å². The van der Waals surface area contributed by atoms with Crippen LogP contribution in [-0.4, -0.2) is 33.5 Å². The molecule has 0 bridgehead atoms. The lowest BCUT2D eigenvalue weighted by Crippen LogP contribution is -2.39. The minimum absolute atomic E-state index is 0.0551. The van der Waals surface area contributed by atoms with Gasteiger partial charge >= 0.3 is 0 Å². The van der Waals surface area contributed by atoms with Crippen LogP contribution < -0.4 is 5.73 Å². The Morgan fingerprint density at radius 3 is 3.00 bits per heavy atom. The standard InChI is InChI=1S/C15H18N4O2S/c16-15(21)12-8-11(17-18-12)13-3-1-2-5-19(13)14(20)7-10-4-6-22-9-10/h4,6,8-9,13H,1-3,5,7H2,(H2,16,21)(H,17,18)/t13-/m1/s1. The molecular weight excluding hydrogens is 300 g/mol. The molecule has 2 amide bonds. The highest BCUT2D eigenvalue weighted by atomic mass is 32.1. The number of aromatic nitrogens is 2. The molecule has 0 spiro atoms. The molecule has 3 N–H and O–H groups in total. The lowest BCUT2D eigenvalue weighted by molar-refractivity contribution is -0.134. The van der Waals surface area contributed by atoms with Crippen LogP contribution in [-0.2, 0) is 11.2 Å². The maximum atomic E-state index is 12.6. The summed E-state index contributed by atoms with van der Waals surface area (Å²) < 4.78 is 0. The molecule has 0 aromatic carbocycles. The Balaban J connectivity index is 1.78. The molecule has 2 aromatic rings. The summed E-state index contributed by atoms with van der Waals surface area (Å²) in [7, 11) is 0. The van der Waals surface area contributed by atoms with Crippen molar-refractivity contribution in [3.8, 4) is 0 Å². The fraction of sp³-hybridized carbons (Fsp3) is 0.400. The maximum Gasteiger partial charge on any atom is 0.269 e. The Morgan fingerprint density at radius 1 is 1.45 bits per heavy atom. The number of nitrogens with zero attached hydrogens (tertiary/aromatic N) is 2. The van der Waals surface area contributed by atoms with E-state index in [0.29, 0.717) is 6.42 Å². The van der Waals surface area contributed by atoms with Crippen molar-refractivity contribution in [1.82, 2.24) is 15.1 Å². The Bertz CT molecular complexity index is 665. The Kier molecular flexibility index (Phi) is 4.24. The van der Waals surface area contributed by atoms with Crippen molar-refractivity contribution < 1.29 is 9.59 Å². The first-order valence-corrected chi connectivity index (χ1v) is 8.25. The predicted octanol–water partition coefficient (Wildman–Crippen LogP) is 1.87. The SMILES string of the molecule is NC(=O)c1cc([C@H]2CCCCN2C(=O)Cc2ccsc2)[nH]n1. The molecule has 2 aromatic heterocycles. The van der Waals surface area contributed by atoms with Gasteiger partial charge in [0.05, 0.1) is 18.2 Å². The van der Waals surface area contributed by atoms with Crippen LogP contribution in [0.4, 0.5) is 0 Å². The monoisotopic (exact) mass is 318 g/mol. The lowest BCUT2D eigenvalue weighted by atomic mass is 9.98. The zero-order chi connectivity index (χ0) is 15.5. The van der Waals surface area contributed by atoms with Gasteiger partial charge < -0.3 is 10.6 Å². The number of hydrogen-bond acceptors (Lipinski definition) is 4. The minimum atomic E-state index is -0.561.